The predicted molar refractivity (Wildman–Crippen MR) is 106 cm³/mol. The standard InChI is InChI=1S/C20H23ClN2O4/c1-14(27-16-8-6-15(25-2)7-9-16)20(24)22-18-5-3-4-17(21)19(18)23-10-12-26-13-11-23/h3-9,14H,10-13H2,1-2H3,(H,22,24). The Morgan fingerprint density at radius 2 is 1.81 bits per heavy atom. The molecule has 1 heterocycles. The minimum atomic E-state index is -0.671. The van der Waals surface area contributed by atoms with Crippen molar-refractivity contribution in [2.45, 2.75) is 13.0 Å². The molecule has 1 N–H and O–H groups in total. The van der Waals surface area contributed by atoms with E-state index < -0.39 is 6.10 Å². The zero-order valence-electron chi connectivity index (χ0n) is 15.4. The number of halogens is 1. The lowest BCUT2D eigenvalue weighted by atomic mass is 10.2. The Hall–Kier alpha value is -2.44. The molecule has 6 nitrogen and oxygen atoms in total. The third-order valence-electron chi connectivity index (χ3n) is 4.31. The van der Waals surface area contributed by atoms with Crippen LogP contribution in [0.1, 0.15) is 6.92 Å². The van der Waals surface area contributed by atoms with Crippen LogP contribution in [-0.4, -0.2) is 45.4 Å². The molecular weight excluding hydrogens is 368 g/mol. The molecule has 27 heavy (non-hydrogen) atoms. The van der Waals surface area contributed by atoms with Gasteiger partial charge >= 0.3 is 0 Å². The smallest absolute Gasteiger partial charge is 0.265 e. The molecule has 1 fully saturated rings. The van der Waals surface area contributed by atoms with E-state index in [0.29, 0.717) is 29.7 Å². The number of amides is 1. The number of methoxy groups -OCH3 is 1. The number of carbonyl (C=O) groups is 1. The lowest BCUT2D eigenvalue weighted by Crippen LogP contribution is -2.37. The average molecular weight is 391 g/mol. The first-order chi connectivity index (χ1) is 13.1. The number of para-hydroxylation sites is 1. The Morgan fingerprint density at radius 1 is 1.15 bits per heavy atom. The zero-order valence-corrected chi connectivity index (χ0v) is 16.2. The van der Waals surface area contributed by atoms with Crippen LogP contribution in [0.25, 0.3) is 0 Å². The van der Waals surface area contributed by atoms with Crippen LogP contribution in [0.15, 0.2) is 42.5 Å². The molecule has 7 heteroatoms. The SMILES string of the molecule is COc1ccc(OC(C)C(=O)Nc2cccc(Cl)c2N2CCOCC2)cc1. The molecule has 1 aliphatic heterocycles. The van der Waals surface area contributed by atoms with E-state index in [1.807, 2.05) is 18.2 Å². The number of anilines is 2. The molecule has 1 amide bonds. The van der Waals surface area contributed by atoms with Gasteiger partial charge in [-0.3, -0.25) is 4.79 Å². The number of benzene rings is 2. The molecule has 0 radical (unpaired) electrons. The lowest BCUT2D eigenvalue weighted by Gasteiger charge is -2.31. The Morgan fingerprint density at radius 3 is 2.48 bits per heavy atom. The number of rotatable bonds is 6. The maximum absolute atomic E-state index is 12.6. The van der Waals surface area contributed by atoms with Gasteiger partial charge in [-0.2, -0.15) is 0 Å². The van der Waals surface area contributed by atoms with Crippen LogP contribution in [0.4, 0.5) is 11.4 Å². The topological polar surface area (TPSA) is 60.0 Å². The van der Waals surface area contributed by atoms with Crippen LogP contribution in [0.5, 0.6) is 11.5 Å². The normalized spacial score (nSPS) is 15.1. The van der Waals surface area contributed by atoms with Crippen LogP contribution in [0.2, 0.25) is 5.02 Å². The highest BCUT2D eigenvalue weighted by Gasteiger charge is 2.21. The van der Waals surface area contributed by atoms with Crippen LogP contribution in [-0.2, 0) is 9.53 Å². The largest absolute Gasteiger partial charge is 0.497 e. The van der Waals surface area contributed by atoms with Gasteiger partial charge in [-0.05, 0) is 43.3 Å². The first-order valence-corrected chi connectivity index (χ1v) is 9.19. The molecule has 1 atom stereocenters. The summed E-state index contributed by atoms with van der Waals surface area (Å²) in [7, 11) is 1.60. The van der Waals surface area contributed by atoms with Gasteiger partial charge in [0.2, 0.25) is 0 Å². The van der Waals surface area contributed by atoms with Gasteiger partial charge in [0, 0.05) is 13.1 Å². The first-order valence-electron chi connectivity index (χ1n) is 8.81. The molecule has 3 rings (SSSR count). The number of nitrogens with one attached hydrogen (secondary N) is 1. The van der Waals surface area contributed by atoms with Gasteiger partial charge in [-0.25, -0.2) is 0 Å². The number of hydrogen-bond donors (Lipinski definition) is 1. The van der Waals surface area contributed by atoms with Crippen molar-refractivity contribution >= 4 is 28.9 Å². The van der Waals surface area contributed by atoms with Crippen molar-refractivity contribution < 1.29 is 19.0 Å². The summed E-state index contributed by atoms with van der Waals surface area (Å²) >= 11 is 6.41. The van der Waals surface area contributed by atoms with Crippen molar-refractivity contribution in [3.63, 3.8) is 0 Å². The van der Waals surface area contributed by atoms with Crippen molar-refractivity contribution in [1.29, 1.82) is 0 Å². The Balaban J connectivity index is 1.70. The first kappa shape index (κ1) is 19.3. The van der Waals surface area contributed by atoms with E-state index in [-0.39, 0.29) is 5.91 Å². The molecule has 2 aromatic carbocycles. The van der Waals surface area contributed by atoms with Crippen molar-refractivity contribution in [3.8, 4) is 11.5 Å². The molecule has 2 aromatic rings. The second-order valence-electron chi connectivity index (χ2n) is 6.16. The van der Waals surface area contributed by atoms with Crippen LogP contribution < -0.4 is 19.7 Å². The summed E-state index contributed by atoms with van der Waals surface area (Å²) in [6, 6.07) is 12.6. The Labute approximate surface area is 164 Å². The van der Waals surface area contributed by atoms with Crippen LogP contribution in [0, 0.1) is 0 Å². The lowest BCUT2D eigenvalue weighted by molar-refractivity contribution is -0.122. The van der Waals surface area contributed by atoms with Crippen molar-refractivity contribution in [1.82, 2.24) is 0 Å². The van der Waals surface area contributed by atoms with E-state index in [1.165, 1.54) is 0 Å². The van der Waals surface area contributed by atoms with Gasteiger partial charge < -0.3 is 24.4 Å². The van der Waals surface area contributed by atoms with Gasteiger partial charge in [0.25, 0.3) is 5.91 Å². The Kier molecular flexibility index (Phi) is 6.42. The van der Waals surface area contributed by atoms with Crippen LogP contribution >= 0.6 is 11.6 Å². The summed E-state index contributed by atoms with van der Waals surface area (Å²) in [6.07, 6.45) is -0.671. The minimum Gasteiger partial charge on any atom is -0.497 e. The monoisotopic (exact) mass is 390 g/mol. The molecule has 144 valence electrons. The molecule has 1 aliphatic rings. The van der Waals surface area contributed by atoms with Gasteiger partial charge in [-0.15, -0.1) is 0 Å². The van der Waals surface area contributed by atoms with Crippen molar-refractivity contribution in [3.05, 3.63) is 47.5 Å². The quantitative estimate of drug-likeness (QED) is 0.816. The molecule has 0 spiro atoms. The summed E-state index contributed by atoms with van der Waals surface area (Å²) in [5.41, 5.74) is 1.48. The van der Waals surface area contributed by atoms with E-state index in [0.717, 1.165) is 24.5 Å². The van der Waals surface area contributed by atoms with Gasteiger partial charge in [0.1, 0.15) is 11.5 Å². The Bertz CT molecular complexity index is 776. The maximum atomic E-state index is 12.6. The maximum Gasteiger partial charge on any atom is 0.265 e. The number of hydrogen-bond acceptors (Lipinski definition) is 5. The van der Waals surface area contributed by atoms with E-state index in [1.54, 1.807) is 38.3 Å². The summed E-state index contributed by atoms with van der Waals surface area (Å²) in [6.45, 7) is 4.43. The molecule has 0 aromatic heterocycles. The second-order valence-corrected chi connectivity index (χ2v) is 6.57. The van der Waals surface area contributed by atoms with E-state index in [4.69, 9.17) is 25.8 Å². The van der Waals surface area contributed by atoms with Crippen molar-refractivity contribution in [2.75, 3.05) is 43.6 Å². The second kappa shape index (κ2) is 8.97. The van der Waals surface area contributed by atoms with Gasteiger partial charge in [0.15, 0.2) is 6.10 Å². The third kappa shape index (κ3) is 4.84. The van der Waals surface area contributed by atoms with E-state index in [2.05, 4.69) is 10.2 Å². The summed E-state index contributed by atoms with van der Waals surface area (Å²) in [4.78, 5) is 14.8. The fourth-order valence-corrected chi connectivity index (χ4v) is 3.16. The average Bonchev–Trinajstić information content (AvgIpc) is 2.69. The highest BCUT2D eigenvalue weighted by Crippen LogP contribution is 2.34. The molecule has 1 saturated heterocycles. The highest BCUT2D eigenvalue weighted by atomic mass is 35.5. The molecule has 0 saturated carbocycles. The fourth-order valence-electron chi connectivity index (χ4n) is 2.87. The third-order valence-corrected chi connectivity index (χ3v) is 4.62. The van der Waals surface area contributed by atoms with Gasteiger partial charge in [-0.1, -0.05) is 17.7 Å². The number of ether oxygens (including phenoxy) is 3. The molecule has 0 aliphatic carbocycles. The highest BCUT2D eigenvalue weighted by molar-refractivity contribution is 6.34. The number of morpholine rings is 1. The molecular formula is C20H23ClN2O4. The van der Waals surface area contributed by atoms with Gasteiger partial charge in [0.05, 0.1) is 36.7 Å². The van der Waals surface area contributed by atoms with E-state index >= 15 is 0 Å². The molecule has 1 unspecified atom stereocenters. The summed E-state index contributed by atoms with van der Waals surface area (Å²) < 4.78 is 16.3. The molecule has 0 bridgehead atoms. The van der Waals surface area contributed by atoms with Crippen LogP contribution in [0.3, 0.4) is 0 Å². The predicted octanol–water partition coefficient (Wildman–Crippen LogP) is 3.59. The number of nitrogens with zero attached hydrogens (tertiary/aromatic N) is 1. The zero-order chi connectivity index (χ0) is 19.2. The van der Waals surface area contributed by atoms with E-state index in [9.17, 15) is 4.79 Å². The van der Waals surface area contributed by atoms with Crippen molar-refractivity contribution in [2.24, 2.45) is 0 Å². The minimum absolute atomic E-state index is 0.248. The summed E-state index contributed by atoms with van der Waals surface area (Å²) in [5, 5.41) is 3.53. The fraction of sp³-hybridized carbons (Fsp3) is 0.350. The number of carbonyl (C=O) groups excluding carboxylic acids is 1. The summed E-state index contributed by atoms with van der Waals surface area (Å²) in [5.74, 6) is 1.08.